The highest BCUT2D eigenvalue weighted by molar-refractivity contribution is 14.0. The van der Waals surface area contributed by atoms with Crippen LogP contribution in [0.4, 0.5) is 0 Å². The zero-order chi connectivity index (χ0) is 16.8. The van der Waals surface area contributed by atoms with Crippen LogP contribution in [-0.2, 0) is 0 Å². The van der Waals surface area contributed by atoms with Crippen LogP contribution in [-0.4, -0.2) is 38.0 Å². The average molecular weight is 446 g/mol. The molecule has 0 bridgehead atoms. The third-order valence-corrected chi connectivity index (χ3v) is 3.34. The lowest BCUT2D eigenvalue weighted by molar-refractivity contribution is 0.0953. The molecule has 1 amide bonds. The standard InChI is InChI=1S/C18H30N4O.HI/c1-3-5-9-13-21-18(19-4-2)22-15-10-14-20-17(23)16-11-7-6-8-12-16;/h6-8,11-12H,3-5,9-10,13-15H2,1-2H3,(H,20,23)(H2,19,21,22);1H. The molecule has 0 aliphatic rings. The average Bonchev–Trinajstić information content (AvgIpc) is 2.58. The van der Waals surface area contributed by atoms with Crippen LogP contribution < -0.4 is 16.0 Å². The number of halogens is 1. The van der Waals surface area contributed by atoms with E-state index < -0.39 is 0 Å². The van der Waals surface area contributed by atoms with Gasteiger partial charge < -0.3 is 16.0 Å². The molecular weight excluding hydrogens is 415 g/mol. The van der Waals surface area contributed by atoms with E-state index in [1.54, 1.807) is 0 Å². The Kier molecular flexibility index (Phi) is 14.4. The van der Waals surface area contributed by atoms with Gasteiger partial charge in [-0.3, -0.25) is 9.79 Å². The molecule has 24 heavy (non-hydrogen) atoms. The maximum Gasteiger partial charge on any atom is 0.251 e. The van der Waals surface area contributed by atoms with E-state index in [0.717, 1.165) is 31.9 Å². The van der Waals surface area contributed by atoms with Gasteiger partial charge in [-0.25, -0.2) is 0 Å². The van der Waals surface area contributed by atoms with Crippen LogP contribution in [0, 0.1) is 0 Å². The number of nitrogens with one attached hydrogen (secondary N) is 3. The molecule has 0 fully saturated rings. The summed E-state index contributed by atoms with van der Waals surface area (Å²) in [7, 11) is 0. The summed E-state index contributed by atoms with van der Waals surface area (Å²) in [6, 6.07) is 9.27. The van der Waals surface area contributed by atoms with Crippen molar-refractivity contribution < 1.29 is 4.79 Å². The maximum absolute atomic E-state index is 11.9. The number of guanidine groups is 1. The highest BCUT2D eigenvalue weighted by Gasteiger charge is 2.02. The van der Waals surface area contributed by atoms with Crippen LogP contribution in [0.3, 0.4) is 0 Å². The smallest absolute Gasteiger partial charge is 0.251 e. The Balaban J connectivity index is 0.00000529. The molecule has 0 unspecified atom stereocenters. The highest BCUT2D eigenvalue weighted by atomic mass is 127. The van der Waals surface area contributed by atoms with Crippen molar-refractivity contribution in [3.8, 4) is 0 Å². The summed E-state index contributed by atoms with van der Waals surface area (Å²) < 4.78 is 0. The van der Waals surface area contributed by atoms with Crippen LogP contribution in [0.25, 0.3) is 0 Å². The second kappa shape index (κ2) is 15.2. The van der Waals surface area contributed by atoms with Crippen molar-refractivity contribution in [3.05, 3.63) is 35.9 Å². The molecule has 0 aromatic heterocycles. The van der Waals surface area contributed by atoms with E-state index in [1.807, 2.05) is 30.3 Å². The van der Waals surface area contributed by atoms with Gasteiger partial charge in [0, 0.05) is 31.7 Å². The fraction of sp³-hybridized carbons (Fsp3) is 0.556. The van der Waals surface area contributed by atoms with Crippen molar-refractivity contribution in [2.45, 2.75) is 39.5 Å². The fourth-order valence-electron chi connectivity index (χ4n) is 2.09. The van der Waals surface area contributed by atoms with Crippen LogP contribution in [0.15, 0.2) is 35.3 Å². The van der Waals surface area contributed by atoms with Crippen LogP contribution in [0.5, 0.6) is 0 Å². The van der Waals surface area contributed by atoms with Crippen molar-refractivity contribution in [2.75, 3.05) is 26.2 Å². The van der Waals surface area contributed by atoms with Gasteiger partial charge in [0.2, 0.25) is 0 Å². The fourth-order valence-corrected chi connectivity index (χ4v) is 2.09. The van der Waals surface area contributed by atoms with Crippen LogP contribution in [0.1, 0.15) is 49.9 Å². The van der Waals surface area contributed by atoms with Gasteiger partial charge in [0.25, 0.3) is 5.91 Å². The number of carbonyl (C=O) groups is 1. The number of unbranched alkanes of at least 4 members (excludes halogenated alkanes) is 2. The Hall–Kier alpha value is -1.31. The van der Waals surface area contributed by atoms with Gasteiger partial charge >= 0.3 is 0 Å². The number of hydrogen-bond acceptors (Lipinski definition) is 2. The molecule has 1 aromatic rings. The molecule has 0 aliphatic carbocycles. The molecule has 0 aliphatic heterocycles. The number of amides is 1. The van der Waals surface area contributed by atoms with Crippen molar-refractivity contribution in [2.24, 2.45) is 4.99 Å². The molecule has 0 saturated heterocycles. The summed E-state index contributed by atoms with van der Waals surface area (Å²) >= 11 is 0. The van der Waals surface area contributed by atoms with Crippen molar-refractivity contribution in [3.63, 3.8) is 0 Å². The molecule has 1 aromatic carbocycles. The van der Waals surface area contributed by atoms with E-state index >= 15 is 0 Å². The van der Waals surface area contributed by atoms with Gasteiger partial charge in [-0.2, -0.15) is 0 Å². The number of nitrogens with zero attached hydrogens (tertiary/aromatic N) is 1. The first-order chi connectivity index (χ1) is 11.3. The van der Waals surface area contributed by atoms with Gasteiger partial charge in [0.05, 0.1) is 0 Å². The van der Waals surface area contributed by atoms with Crippen molar-refractivity contribution in [1.29, 1.82) is 0 Å². The number of hydrogen-bond donors (Lipinski definition) is 3. The Bertz CT molecular complexity index is 465. The van der Waals surface area contributed by atoms with E-state index in [2.05, 4.69) is 34.8 Å². The lowest BCUT2D eigenvalue weighted by Gasteiger charge is -2.11. The van der Waals surface area contributed by atoms with Gasteiger partial charge in [-0.1, -0.05) is 38.0 Å². The number of aliphatic imine (C=N–C) groups is 1. The molecule has 0 radical (unpaired) electrons. The first-order valence-electron chi connectivity index (χ1n) is 8.63. The zero-order valence-electron chi connectivity index (χ0n) is 14.8. The highest BCUT2D eigenvalue weighted by Crippen LogP contribution is 1.97. The van der Waals surface area contributed by atoms with Crippen LogP contribution >= 0.6 is 24.0 Å². The van der Waals surface area contributed by atoms with E-state index in [4.69, 9.17) is 0 Å². The summed E-state index contributed by atoms with van der Waals surface area (Å²) in [5, 5.41) is 9.48. The molecule has 0 atom stereocenters. The number of benzene rings is 1. The molecule has 0 heterocycles. The third kappa shape index (κ3) is 10.5. The van der Waals surface area contributed by atoms with E-state index in [9.17, 15) is 4.79 Å². The molecular formula is C18H31IN4O. The number of rotatable bonds is 10. The predicted molar refractivity (Wildman–Crippen MR) is 112 cm³/mol. The van der Waals surface area contributed by atoms with Gasteiger partial charge in [-0.15, -0.1) is 24.0 Å². The minimum Gasteiger partial charge on any atom is -0.357 e. The van der Waals surface area contributed by atoms with Crippen LogP contribution in [0.2, 0.25) is 0 Å². The monoisotopic (exact) mass is 446 g/mol. The van der Waals surface area contributed by atoms with E-state index in [-0.39, 0.29) is 29.9 Å². The Morgan fingerprint density at radius 3 is 2.33 bits per heavy atom. The molecule has 6 heteroatoms. The SMILES string of the molecule is CCCCCNC(=NCCCNC(=O)c1ccccc1)NCC.I. The molecule has 0 saturated carbocycles. The third-order valence-electron chi connectivity index (χ3n) is 3.34. The van der Waals surface area contributed by atoms with Crippen molar-refractivity contribution in [1.82, 2.24) is 16.0 Å². The Labute approximate surface area is 163 Å². The van der Waals surface area contributed by atoms with E-state index in [1.165, 1.54) is 12.8 Å². The summed E-state index contributed by atoms with van der Waals surface area (Å²) in [5.41, 5.74) is 0.696. The van der Waals surface area contributed by atoms with E-state index in [0.29, 0.717) is 18.7 Å². The minimum atomic E-state index is -0.0285. The number of carbonyl (C=O) groups excluding carboxylic acids is 1. The Morgan fingerprint density at radius 1 is 0.958 bits per heavy atom. The second-order valence-corrected chi connectivity index (χ2v) is 5.37. The summed E-state index contributed by atoms with van der Waals surface area (Å²) in [6.45, 7) is 7.38. The maximum atomic E-state index is 11.9. The molecule has 1 rings (SSSR count). The zero-order valence-corrected chi connectivity index (χ0v) is 17.1. The first-order valence-corrected chi connectivity index (χ1v) is 8.63. The lowest BCUT2D eigenvalue weighted by atomic mass is 10.2. The Morgan fingerprint density at radius 2 is 1.67 bits per heavy atom. The second-order valence-electron chi connectivity index (χ2n) is 5.37. The van der Waals surface area contributed by atoms with Crippen molar-refractivity contribution >= 4 is 35.8 Å². The van der Waals surface area contributed by atoms with Gasteiger partial charge in [-0.05, 0) is 31.9 Å². The quantitative estimate of drug-likeness (QED) is 0.224. The first kappa shape index (κ1) is 22.7. The molecule has 3 N–H and O–H groups in total. The largest absolute Gasteiger partial charge is 0.357 e. The van der Waals surface area contributed by atoms with Gasteiger partial charge in [0.1, 0.15) is 0 Å². The lowest BCUT2D eigenvalue weighted by Crippen LogP contribution is -2.38. The minimum absolute atomic E-state index is 0. The molecule has 136 valence electrons. The van der Waals surface area contributed by atoms with Gasteiger partial charge in [0.15, 0.2) is 5.96 Å². The normalized spacial score (nSPS) is 10.7. The molecule has 0 spiro atoms. The summed E-state index contributed by atoms with van der Waals surface area (Å²) in [6.07, 6.45) is 4.44. The predicted octanol–water partition coefficient (Wildman–Crippen LogP) is 3.17. The molecule has 5 nitrogen and oxygen atoms in total. The summed E-state index contributed by atoms with van der Waals surface area (Å²) in [5.74, 6) is 0.831. The topological polar surface area (TPSA) is 65.5 Å². The summed E-state index contributed by atoms with van der Waals surface area (Å²) in [4.78, 5) is 16.4.